The molecule has 0 saturated carbocycles. The Balaban J connectivity index is 1.04. The van der Waals surface area contributed by atoms with Gasteiger partial charge in [-0.3, -0.25) is 9.97 Å². The fraction of sp³-hybridized carbons (Fsp3) is 0.391. The second-order valence-corrected chi connectivity index (χ2v) is 16.4. The Morgan fingerprint density at radius 3 is 1.56 bits per heavy atom. The van der Waals surface area contributed by atoms with E-state index < -0.39 is 12.2 Å². The van der Waals surface area contributed by atoms with Crippen LogP contribution in [0.4, 0.5) is 0 Å². The summed E-state index contributed by atoms with van der Waals surface area (Å²) >= 11 is 0. The molecule has 3 aromatic carbocycles. The molecule has 6 heteroatoms. The van der Waals surface area contributed by atoms with Gasteiger partial charge in [0.25, 0.3) is 0 Å². The van der Waals surface area contributed by atoms with E-state index in [0.717, 1.165) is 107 Å². The third-order valence-corrected chi connectivity index (χ3v) is 13.8. The molecule has 0 aliphatic carbocycles. The third-order valence-electron chi connectivity index (χ3n) is 13.8. The van der Waals surface area contributed by atoms with Gasteiger partial charge in [-0.2, -0.15) is 0 Å². The van der Waals surface area contributed by atoms with Gasteiger partial charge in [0.2, 0.25) is 0 Å². The van der Waals surface area contributed by atoms with Crippen LogP contribution in [0.1, 0.15) is 60.1 Å². The number of quaternary nitrogens is 2. The van der Waals surface area contributed by atoms with E-state index in [1.807, 2.05) is 60.9 Å². The minimum absolute atomic E-state index is 0.0481. The first-order valence-electron chi connectivity index (χ1n) is 19.2. The number of piperidine rings is 6. The molecule has 6 aliphatic heterocycles. The molecule has 6 nitrogen and oxygen atoms in total. The van der Waals surface area contributed by atoms with Gasteiger partial charge < -0.3 is 19.2 Å². The highest BCUT2D eigenvalue weighted by atomic mass is 16.3. The molecular formula is C46H48N4O2+2. The van der Waals surface area contributed by atoms with Crippen LogP contribution in [0, 0.1) is 48.4 Å². The molecule has 6 saturated heterocycles. The van der Waals surface area contributed by atoms with Crippen molar-refractivity contribution >= 4 is 21.8 Å². The maximum Gasteiger partial charge on any atom is 0.131 e. The Labute approximate surface area is 307 Å². The van der Waals surface area contributed by atoms with Gasteiger partial charge in [-0.25, -0.2) is 0 Å². The van der Waals surface area contributed by atoms with Crippen LogP contribution in [0.3, 0.4) is 0 Å². The molecule has 0 amide bonds. The Bertz CT molecular complexity index is 2060. The van der Waals surface area contributed by atoms with Crippen molar-refractivity contribution in [2.75, 3.05) is 26.2 Å². The van der Waals surface area contributed by atoms with Crippen LogP contribution >= 0.6 is 0 Å². The second kappa shape index (κ2) is 13.1. The van der Waals surface area contributed by atoms with Gasteiger partial charge in [0, 0.05) is 60.0 Å². The largest absolute Gasteiger partial charge is 0.382 e. The highest BCUT2D eigenvalue weighted by Gasteiger charge is 2.56. The van der Waals surface area contributed by atoms with Crippen molar-refractivity contribution in [3.8, 4) is 24.7 Å². The number of hydrogen-bond acceptors (Lipinski definition) is 4. The standard InChI is InChI=1S/C46H48N4O2/c1-3-33-29-49(22-18-35(33)25-43(49)45(51)39-16-20-47-41-14-7-5-12-37(39)41)27-31-10-9-11-32(24-31)28-50-23-19-36(34(4-2)30-50)26-44(50)46(52)40-17-21-48-42-15-8-6-13-38(40)42/h1-2,5-17,20-21,24,33-36,43-46,51-52H,18-19,22-23,25-30H2/q+2/t33-,34-,35-,36-,43-,44-,45+,46+,49+,50+/m0/s1. The lowest BCUT2D eigenvalue weighted by molar-refractivity contribution is -0.985. The minimum Gasteiger partial charge on any atom is -0.382 e. The topological polar surface area (TPSA) is 66.2 Å². The smallest absolute Gasteiger partial charge is 0.131 e. The molecule has 8 heterocycles. The maximum absolute atomic E-state index is 12.3. The zero-order valence-corrected chi connectivity index (χ0v) is 29.8. The molecule has 11 rings (SSSR count). The number of aliphatic hydroxyl groups excluding tert-OH is 2. The summed E-state index contributed by atoms with van der Waals surface area (Å²) in [5, 5.41) is 26.6. The summed E-state index contributed by atoms with van der Waals surface area (Å²) < 4.78 is 1.59. The number of para-hydroxylation sites is 2. The summed E-state index contributed by atoms with van der Waals surface area (Å²) in [6.07, 6.45) is 18.8. The predicted molar refractivity (Wildman–Crippen MR) is 205 cm³/mol. The van der Waals surface area contributed by atoms with Gasteiger partial charge in [0.05, 0.1) is 49.0 Å². The van der Waals surface area contributed by atoms with Gasteiger partial charge >= 0.3 is 0 Å². The number of fused-ring (bicyclic) bond motifs is 8. The monoisotopic (exact) mass is 688 g/mol. The van der Waals surface area contributed by atoms with Crippen LogP contribution in [0.25, 0.3) is 21.8 Å². The highest BCUT2D eigenvalue weighted by molar-refractivity contribution is 5.83. The molecule has 52 heavy (non-hydrogen) atoms. The second-order valence-electron chi connectivity index (χ2n) is 16.4. The highest BCUT2D eigenvalue weighted by Crippen LogP contribution is 2.49. The first-order chi connectivity index (χ1) is 25.4. The van der Waals surface area contributed by atoms with Crippen LogP contribution < -0.4 is 0 Å². The summed E-state index contributed by atoms with van der Waals surface area (Å²) in [4.78, 5) is 9.17. The molecule has 6 aliphatic rings. The lowest BCUT2D eigenvalue weighted by Crippen LogP contribution is -2.67. The Morgan fingerprint density at radius 2 is 1.10 bits per heavy atom. The fourth-order valence-corrected chi connectivity index (χ4v) is 11.2. The van der Waals surface area contributed by atoms with Crippen molar-refractivity contribution in [3.63, 3.8) is 0 Å². The number of terminal acetylenes is 2. The van der Waals surface area contributed by atoms with Gasteiger partial charge in [-0.1, -0.05) is 66.4 Å². The Morgan fingerprint density at radius 1 is 0.635 bits per heavy atom. The quantitative estimate of drug-likeness (QED) is 0.137. The summed E-state index contributed by atoms with van der Waals surface area (Å²) in [7, 11) is 0. The van der Waals surface area contributed by atoms with Crippen molar-refractivity contribution in [1.82, 2.24) is 9.97 Å². The summed E-state index contributed by atoms with van der Waals surface area (Å²) in [5.41, 5.74) is 6.31. The Hall–Kier alpha value is -4.56. The van der Waals surface area contributed by atoms with E-state index >= 15 is 0 Å². The fourth-order valence-electron chi connectivity index (χ4n) is 11.2. The molecular weight excluding hydrogens is 641 g/mol. The van der Waals surface area contributed by atoms with Gasteiger partial charge in [0.1, 0.15) is 37.4 Å². The van der Waals surface area contributed by atoms with Crippen molar-refractivity contribution in [1.29, 1.82) is 0 Å². The molecule has 0 spiro atoms. The van der Waals surface area contributed by atoms with Gasteiger partial charge in [-0.05, 0) is 53.3 Å². The number of nitrogens with zero attached hydrogens (tertiary/aromatic N) is 4. The lowest BCUT2D eigenvalue weighted by atomic mass is 9.71. The van der Waals surface area contributed by atoms with E-state index in [4.69, 9.17) is 12.8 Å². The summed E-state index contributed by atoms with van der Waals surface area (Å²) in [6.45, 7) is 5.45. The minimum atomic E-state index is -0.613. The molecule has 2 aromatic heterocycles. The first kappa shape index (κ1) is 33.3. The Kier molecular flexibility index (Phi) is 8.41. The van der Waals surface area contributed by atoms with Crippen molar-refractivity contribution in [3.05, 3.63) is 120 Å². The van der Waals surface area contributed by atoms with E-state index in [9.17, 15) is 10.2 Å². The summed E-state index contributed by atoms with van der Waals surface area (Å²) in [5.74, 6) is 7.62. The molecule has 2 N–H and O–H groups in total. The first-order valence-corrected chi connectivity index (χ1v) is 19.2. The summed E-state index contributed by atoms with van der Waals surface area (Å²) in [6, 6.07) is 29.5. The number of aliphatic hydroxyl groups is 2. The van der Waals surface area contributed by atoms with Crippen molar-refractivity contribution < 1.29 is 19.2 Å². The van der Waals surface area contributed by atoms with Crippen LogP contribution in [-0.2, 0) is 13.1 Å². The molecule has 5 aromatic rings. The number of rotatable bonds is 8. The molecule has 6 fully saturated rings. The van der Waals surface area contributed by atoms with E-state index in [0.29, 0.717) is 11.8 Å². The van der Waals surface area contributed by atoms with E-state index in [1.165, 1.54) is 11.1 Å². The average Bonchev–Trinajstić information content (AvgIpc) is 3.19. The molecule has 0 radical (unpaired) electrons. The van der Waals surface area contributed by atoms with Crippen LogP contribution in [0.2, 0.25) is 0 Å². The maximum atomic E-state index is 12.3. The van der Waals surface area contributed by atoms with Crippen LogP contribution in [0.5, 0.6) is 0 Å². The van der Waals surface area contributed by atoms with Gasteiger partial charge in [-0.15, -0.1) is 12.8 Å². The van der Waals surface area contributed by atoms with E-state index in [1.54, 1.807) is 0 Å². The SMILES string of the molecule is C#C[C@H]1C[N@+]2(Cc3cccc(C[N@@+]45CC[C@@H](C[C@H]4[C@H](O)c4ccnc6ccccc46)[C@@H](C#C)C5)c3)CC[C@H]1C[C@H]2[C@H](O)c1ccnc2ccccc12. The third kappa shape index (κ3) is 5.53. The lowest BCUT2D eigenvalue weighted by Gasteiger charge is -2.58. The number of aromatic nitrogens is 2. The van der Waals surface area contributed by atoms with Crippen LogP contribution in [0.15, 0.2) is 97.3 Å². The van der Waals surface area contributed by atoms with Gasteiger partial charge in [0.15, 0.2) is 0 Å². The van der Waals surface area contributed by atoms with E-state index in [2.05, 4.69) is 58.2 Å². The molecule has 4 bridgehead atoms. The number of hydrogen-bond donors (Lipinski definition) is 2. The molecule has 0 unspecified atom stereocenters. The number of pyridine rings is 2. The van der Waals surface area contributed by atoms with Crippen LogP contribution in [-0.4, -0.2) is 67.4 Å². The van der Waals surface area contributed by atoms with Crippen molar-refractivity contribution in [2.24, 2.45) is 23.7 Å². The molecule has 10 atom stereocenters. The van der Waals surface area contributed by atoms with Crippen molar-refractivity contribution in [2.45, 2.75) is 63.1 Å². The van der Waals surface area contributed by atoms with E-state index in [-0.39, 0.29) is 23.9 Å². The molecule has 262 valence electrons. The average molecular weight is 689 g/mol. The predicted octanol–water partition coefficient (Wildman–Crippen LogP) is 6.97. The number of benzene rings is 3. The normalized spacial score (nSPS) is 31.9. The zero-order valence-electron chi connectivity index (χ0n) is 29.8. The zero-order chi connectivity index (χ0) is 35.5.